The van der Waals surface area contributed by atoms with E-state index in [0.29, 0.717) is 0 Å². The molecule has 1 atom stereocenters. The molecule has 0 spiro atoms. The molecule has 7 heteroatoms. The summed E-state index contributed by atoms with van der Waals surface area (Å²) in [7, 11) is 0. The molecule has 6 nitrogen and oxygen atoms in total. The first kappa shape index (κ1) is 12.6. The number of aliphatic carboxylic acids is 1. The summed E-state index contributed by atoms with van der Waals surface area (Å²) < 4.78 is 0. The van der Waals surface area contributed by atoms with E-state index in [9.17, 15) is 14.4 Å². The van der Waals surface area contributed by atoms with Gasteiger partial charge in [0.25, 0.3) is 0 Å². The lowest BCUT2D eigenvalue weighted by Crippen LogP contribution is -2.64. The van der Waals surface area contributed by atoms with Crippen LogP contribution in [-0.4, -0.2) is 46.9 Å². The zero-order valence-electron chi connectivity index (χ0n) is 9.46. The number of rotatable bonds is 5. The predicted octanol–water partition coefficient (Wildman–Crippen LogP) is -0.298. The molecule has 2 rings (SSSR count). The summed E-state index contributed by atoms with van der Waals surface area (Å²) in [4.78, 5) is 35.6. The number of carbonyl (C=O) groups is 3. The quantitative estimate of drug-likeness (QED) is 0.718. The summed E-state index contributed by atoms with van der Waals surface area (Å²) in [6.45, 7) is -0.0442. The molecular formula is C11H12N2O4S. The van der Waals surface area contributed by atoms with Gasteiger partial charge in [0.05, 0.1) is 13.0 Å². The minimum Gasteiger partial charge on any atom is -0.480 e. The van der Waals surface area contributed by atoms with Crippen molar-refractivity contribution in [2.75, 3.05) is 13.1 Å². The predicted molar refractivity (Wildman–Crippen MR) is 64.2 cm³/mol. The van der Waals surface area contributed by atoms with Crippen LogP contribution in [0.1, 0.15) is 4.88 Å². The number of β-lactam (4-membered cyclic amide) rings is 1. The molecule has 18 heavy (non-hydrogen) atoms. The minimum atomic E-state index is -1.05. The van der Waals surface area contributed by atoms with Crippen LogP contribution in [0, 0.1) is 0 Å². The molecule has 0 aromatic carbocycles. The Morgan fingerprint density at radius 2 is 2.33 bits per heavy atom. The first-order valence-corrected chi connectivity index (χ1v) is 6.26. The first-order valence-electron chi connectivity index (χ1n) is 5.38. The van der Waals surface area contributed by atoms with Crippen LogP contribution in [-0.2, 0) is 20.8 Å². The number of amides is 2. The van der Waals surface area contributed by atoms with Crippen molar-refractivity contribution >= 4 is 29.1 Å². The van der Waals surface area contributed by atoms with Gasteiger partial charge >= 0.3 is 5.97 Å². The second kappa shape index (κ2) is 5.18. The van der Waals surface area contributed by atoms with Crippen LogP contribution in [0.15, 0.2) is 17.5 Å². The zero-order chi connectivity index (χ0) is 13.1. The monoisotopic (exact) mass is 268 g/mol. The average Bonchev–Trinajstić information content (AvgIpc) is 2.79. The fraction of sp³-hybridized carbons (Fsp3) is 0.364. The lowest BCUT2D eigenvalue weighted by atomic mass is 10.1. The molecule has 1 aromatic heterocycles. The molecule has 1 aliphatic heterocycles. The fourth-order valence-corrected chi connectivity index (χ4v) is 2.43. The second-order valence-corrected chi connectivity index (χ2v) is 5.02. The number of carboxylic acids is 1. The lowest BCUT2D eigenvalue weighted by molar-refractivity contribution is -0.153. The van der Waals surface area contributed by atoms with Crippen molar-refractivity contribution in [1.29, 1.82) is 0 Å². The highest BCUT2D eigenvalue weighted by atomic mass is 32.1. The number of hydrogen-bond acceptors (Lipinski definition) is 4. The van der Waals surface area contributed by atoms with Crippen LogP contribution in [0.25, 0.3) is 0 Å². The smallest absolute Gasteiger partial charge is 0.323 e. The highest BCUT2D eigenvalue weighted by Gasteiger charge is 2.38. The fourth-order valence-electron chi connectivity index (χ4n) is 1.73. The summed E-state index contributed by atoms with van der Waals surface area (Å²) in [6, 6.07) is 3.14. The number of likely N-dealkylation sites (tertiary alicyclic amines) is 1. The van der Waals surface area contributed by atoms with Gasteiger partial charge in [0.1, 0.15) is 12.6 Å². The largest absolute Gasteiger partial charge is 0.480 e. The Balaban J connectivity index is 1.77. The van der Waals surface area contributed by atoms with Gasteiger partial charge in [-0.1, -0.05) is 6.07 Å². The van der Waals surface area contributed by atoms with E-state index in [4.69, 9.17) is 5.11 Å². The molecule has 0 radical (unpaired) electrons. The third-order valence-corrected chi connectivity index (χ3v) is 3.47. The maximum Gasteiger partial charge on any atom is 0.323 e. The Hall–Kier alpha value is -1.89. The van der Waals surface area contributed by atoms with Gasteiger partial charge < -0.3 is 15.3 Å². The topological polar surface area (TPSA) is 86.7 Å². The van der Waals surface area contributed by atoms with Crippen molar-refractivity contribution in [3.63, 3.8) is 0 Å². The molecule has 1 unspecified atom stereocenters. The molecule has 1 aromatic rings. The van der Waals surface area contributed by atoms with E-state index in [-0.39, 0.29) is 31.3 Å². The SMILES string of the molecule is O=C(O)CN1CC(NC(=O)Cc2cccs2)C1=O. The highest BCUT2D eigenvalue weighted by molar-refractivity contribution is 7.10. The van der Waals surface area contributed by atoms with E-state index in [1.54, 1.807) is 0 Å². The number of carboxylic acid groups (broad SMARTS) is 1. The first-order chi connectivity index (χ1) is 8.56. The summed E-state index contributed by atoms with van der Waals surface area (Å²) >= 11 is 1.48. The van der Waals surface area contributed by atoms with Crippen LogP contribution in [0.3, 0.4) is 0 Å². The molecule has 2 N–H and O–H groups in total. The van der Waals surface area contributed by atoms with Gasteiger partial charge in [-0.3, -0.25) is 14.4 Å². The maximum atomic E-state index is 11.6. The number of thiophene rings is 1. The van der Waals surface area contributed by atoms with E-state index in [1.165, 1.54) is 16.2 Å². The van der Waals surface area contributed by atoms with Gasteiger partial charge in [-0.2, -0.15) is 0 Å². The molecular weight excluding hydrogens is 256 g/mol. The highest BCUT2D eigenvalue weighted by Crippen LogP contribution is 2.12. The lowest BCUT2D eigenvalue weighted by Gasteiger charge is -2.37. The van der Waals surface area contributed by atoms with Gasteiger partial charge in [0, 0.05) is 4.88 Å². The van der Waals surface area contributed by atoms with Crippen LogP contribution in [0.4, 0.5) is 0 Å². The van der Waals surface area contributed by atoms with Crippen molar-refractivity contribution in [1.82, 2.24) is 10.2 Å². The Labute approximate surface area is 107 Å². The molecule has 2 heterocycles. The standard InChI is InChI=1S/C11H12N2O4S/c14-9(4-7-2-1-3-18-7)12-8-5-13(11(8)17)6-10(15)16/h1-3,8H,4-6H2,(H,12,14)(H,15,16). The normalized spacial score (nSPS) is 18.3. The number of carbonyl (C=O) groups excluding carboxylic acids is 2. The van der Waals surface area contributed by atoms with E-state index < -0.39 is 12.0 Å². The molecule has 96 valence electrons. The maximum absolute atomic E-state index is 11.6. The summed E-state index contributed by atoms with van der Waals surface area (Å²) in [5, 5.41) is 13.0. The molecule has 1 saturated heterocycles. The summed E-state index contributed by atoms with van der Waals surface area (Å²) in [5.41, 5.74) is 0. The third kappa shape index (κ3) is 2.86. The molecule has 0 bridgehead atoms. The van der Waals surface area contributed by atoms with Crippen molar-refractivity contribution in [3.8, 4) is 0 Å². The minimum absolute atomic E-state index is 0.217. The average molecular weight is 268 g/mol. The van der Waals surface area contributed by atoms with Crippen LogP contribution in [0.2, 0.25) is 0 Å². The van der Waals surface area contributed by atoms with Gasteiger partial charge in [-0.15, -0.1) is 11.3 Å². The van der Waals surface area contributed by atoms with Crippen molar-refractivity contribution in [2.24, 2.45) is 0 Å². The van der Waals surface area contributed by atoms with Crippen molar-refractivity contribution in [3.05, 3.63) is 22.4 Å². The molecule has 2 amide bonds. The van der Waals surface area contributed by atoms with Crippen LogP contribution in [0.5, 0.6) is 0 Å². The molecule has 0 aliphatic carbocycles. The molecule has 1 aliphatic rings. The van der Waals surface area contributed by atoms with E-state index in [1.807, 2.05) is 17.5 Å². The van der Waals surface area contributed by atoms with Crippen LogP contribution < -0.4 is 5.32 Å². The van der Waals surface area contributed by atoms with Gasteiger partial charge in [-0.25, -0.2) is 0 Å². The molecule has 1 fully saturated rings. The van der Waals surface area contributed by atoms with Crippen LogP contribution >= 0.6 is 11.3 Å². The van der Waals surface area contributed by atoms with E-state index in [2.05, 4.69) is 5.32 Å². The number of nitrogens with one attached hydrogen (secondary N) is 1. The Morgan fingerprint density at radius 3 is 2.89 bits per heavy atom. The zero-order valence-corrected chi connectivity index (χ0v) is 10.3. The molecule has 0 saturated carbocycles. The number of hydrogen-bond donors (Lipinski definition) is 2. The summed E-state index contributed by atoms with van der Waals surface area (Å²) in [5.74, 6) is -1.60. The van der Waals surface area contributed by atoms with Crippen molar-refractivity contribution in [2.45, 2.75) is 12.5 Å². The summed E-state index contributed by atoms with van der Waals surface area (Å²) in [6.07, 6.45) is 0.250. The van der Waals surface area contributed by atoms with Crippen molar-refractivity contribution < 1.29 is 19.5 Å². The Kier molecular flexibility index (Phi) is 3.61. The van der Waals surface area contributed by atoms with Gasteiger partial charge in [-0.05, 0) is 11.4 Å². The van der Waals surface area contributed by atoms with Gasteiger partial charge in [0.15, 0.2) is 0 Å². The van der Waals surface area contributed by atoms with E-state index in [0.717, 1.165) is 4.88 Å². The van der Waals surface area contributed by atoms with E-state index >= 15 is 0 Å². The Morgan fingerprint density at radius 1 is 1.56 bits per heavy atom. The third-order valence-electron chi connectivity index (χ3n) is 2.59. The second-order valence-electron chi connectivity index (χ2n) is 3.99. The van der Waals surface area contributed by atoms with Gasteiger partial charge in [0.2, 0.25) is 11.8 Å². The number of nitrogens with zero attached hydrogens (tertiary/aromatic N) is 1. The Bertz CT molecular complexity index is 471.